The Hall–Kier alpha value is -3.25. The molecule has 5 rings (SSSR count). The number of fused-ring (bicyclic) bond motifs is 4. The van der Waals surface area contributed by atoms with Crippen LogP contribution in [0.3, 0.4) is 0 Å². The lowest BCUT2D eigenvalue weighted by molar-refractivity contribution is 0.218. The Balaban J connectivity index is 1.13. The fourth-order valence-corrected chi connectivity index (χ4v) is 4.35. The summed E-state index contributed by atoms with van der Waals surface area (Å²) in [6.45, 7) is 3.55. The number of furan rings is 1. The van der Waals surface area contributed by atoms with Crippen LogP contribution >= 0.6 is 0 Å². The van der Waals surface area contributed by atoms with Gasteiger partial charge in [-0.25, -0.2) is 0 Å². The molecule has 0 aliphatic carbocycles. The van der Waals surface area contributed by atoms with E-state index < -0.39 is 0 Å². The first-order valence-corrected chi connectivity index (χ1v) is 10.8. The second-order valence-electron chi connectivity index (χ2n) is 7.99. The second-order valence-corrected chi connectivity index (χ2v) is 7.99. The highest BCUT2D eigenvalue weighted by Gasteiger charge is 2.23. The second kappa shape index (κ2) is 8.47. The molecule has 2 aromatic heterocycles. The fourth-order valence-electron chi connectivity index (χ4n) is 4.35. The van der Waals surface area contributed by atoms with E-state index in [2.05, 4.69) is 16.0 Å². The average Bonchev–Trinajstić information content (AvgIpc) is 3.16. The Kier molecular flexibility index (Phi) is 5.38. The van der Waals surface area contributed by atoms with Crippen molar-refractivity contribution in [2.75, 3.05) is 26.8 Å². The van der Waals surface area contributed by atoms with Crippen molar-refractivity contribution in [3.8, 4) is 11.5 Å². The van der Waals surface area contributed by atoms with Gasteiger partial charge in [-0.2, -0.15) is 0 Å². The highest BCUT2D eigenvalue weighted by atomic mass is 16.5. The van der Waals surface area contributed by atoms with Crippen molar-refractivity contribution < 1.29 is 13.9 Å². The number of para-hydroxylation sites is 1. The van der Waals surface area contributed by atoms with Crippen LogP contribution in [0.1, 0.15) is 24.2 Å². The van der Waals surface area contributed by atoms with Gasteiger partial charge in [-0.05, 0) is 55.5 Å². The lowest BCUT2D eigenvalue weighted by atomic mass is 10.0. The molecular formula is C25H26N2O4. The van der Waals surface area contributed by atoms with Crippen LogP contribution in [-0.4, -0.2) is 36.7 Å². The van der Waals surface area contributed by atoms with E-state index in [9.17, 15) is 4.79 Å². The van der Waals surface area contributed by atoms with E-state index in [0.717, 1.165) is 72.6 Å². The predicted molar refractivity (Wildman–Crippen MR) is 121 cm³/mol. The van der Waals surface area contributed by atoms with Crippen molar-refractivity contribution in [1.82, 2.24) is 9.88 Å². The summed E-state index contributed by atoms with van der Waals surface area (Å²) in [5, 5.41) is 2.18. The van der Waals surface area contributed by atoms with Gasteiger partial charge in [-0.3, -0.25) is 9.69 Å². The highest BCUT2D eigenvalue weighted by Crippen LogP contribution is 2.35. The zero-order chi connectivity index (χ0) is 21.2. The summed E-state index contributed by atoms with van der Waals surface area (Å²) in [5.74, 6) is 2.65. The van der Waals surface area contributed by atoms with Crippen LogP contribution in [0.5, 0.6) is 11.5 Å². The maximum atomic E-state index is 11.5. The topological polar surface area (TPSA) is 67.7 Å². The molecule has 4 aromatic rings. The van der Waals surface area contributed by atoms with E-state index in [1.165, 1.54) is 17.0 Å². The van der Waals surface area contributed by atoms with E-state index in [1.54, 1.807) is 7.11 Å². The Bertz CT molecular complexity index is 1270. The van der Waals surface area contributed by atoms with Gasteiger partial charge in [-0.1, -0.05) is 12.1 Å². The van der Waals surface area contributed by atoms with Gasteiger partial charge in [0.2, 0.25) is 5.56 Å². The summed E-state index contributed by atoms with van der Waals surface area (Å²) in [5.41, 5.74) is 2.89. The minimum atomic E-state index is -0.0998. The first-order valence-electron chi connectivity index (χ1n) is 10.8. The minimum Gasteiger partial charge on any atom is -0.494 e. The molecule has 1 aliphatic heterocycles. The zero-order valence-corrected chi connectivity index (χ0v) is 17.6. The van der Waals surface area contributed by atoms with Crippen molar-refractivity contribution in [2.24, 2.45) is 0 Å². The summed E-state index contributed by atoms with van der Waals surface area (Å²) < 4.78 is 17.5. The van der Waals surface area contributed by atoms with Crippen LogP contribution in [0.15, 0.2) is 57.7 Å². The number of hydrogen-bond donors (Lipinski definition) is 1. The van der Waals surface area contributed by atoms with Crippen molar-refractivity contribution in [2.45, 2.75) is 25.8 Å². The molecule has 6 nitrogen and oxygen atoms in total. The van der Waals surface area contributed by atoms with E-state index in [4.69, 9.17) is 13.9 Å². The van der Waals surface area contributed by atoms with Gasteiger partial charge in [0.15, 0.2) is 11.3 Å². The number of benzene rings is 2. The predicted octanol–water partition coefficient (Wildman–Crippen LogP) is 4.50. The van der Waals surface area contributed by atoms with E-state index >= 15 is 0 Å². The third-order valence-electron chi connectivity index (χ3n) is 5.97. The molecule has 2 aromatic carbocycles. The lowest BCUT2D eigenvalue weighted by Crippen LogP contribution is -2.30. The summed E-state index contributed by atoms with van der Waals surface area (Å²) in [6.07, 6.45) is 3.03. The number of pyridine rings is 1. The number of aromatic amines is 1. The first kappa shape index (κ1) is 19.7. The number of methoxy groups -OCH3 is 1. The number of hydrogen-bond acceptors (Lipinski definition) is 5. The van der Waals surface area contributed by atoms with Crippen molar-refractivity contribution in [3.63, 3.8) is 0 Å². The van der Waals surface area contributed by atoms with Crippen molar-refractivity contribution in [3.05, 3.63) is 70.2 Å². The molecule has 1 aliphatic rings. The number of nitrogens with zero attached hydrogens (tertiary/aromatic N) is 1. The molecule has 0 atom stereocenters. The normalized spacial score (nSPS) is 14.1. The third kappa shape index (κ3) is 4.03. The number of nitrogens with one attached hydrogen (secondary N) is 1. The largest absolute Gasteiger partial charge is 0.494 e. The molecule has 0 amide bonds. The maximum absolute atomic E-state index is 11.5. The van der Waals surface area contributed by atoms with E-state index in [0.29, 0.717) is 6.61 Å². The van der Waals surface area contributed by atoms with Crippen LogP contribution in [0.2, 0.25) is 0 Å². The third-order valence-corrected chi connectivity index (χ3v) is 5.97. The van der Waals surface area contributed by atoms with E-state index in [-0.39, 0.29) is 5.56 Å². The lowest BCUT2D eigenvalue weighted by Gasteiger charge is -2.25. The molecule has 31 heavy (non-hydrogen) atoms. The molecule has 0 unspecified atom stereocenters. The Labute approximate surface area is 180 Å². The molecule has 0 fully saturated rings. The molecule has 0 saturated carbocycles. The fraction of sp³-hybridized carbons (Fsp3) is 0.320. The van der Waals surface area contributed by atoms with Gasteiger partial charge in [0, 0.05) is 29.6 Å². The van der Waals surface area contributed by atoms with Gasteiger partial charge in [0.25, 0.3) is 0 Å². The monoisotopic (exact) mass is 418 g/mol. The summed E-state index contributed by atoms with van der Waals surface area (Å²) >= 11 is 0. The number of unbranched alkanes of at least 4 members (excludes halogenated alkanes) is 1. The number of H-pyrrole nitrogens is 1. The maximum Gasteiger partial charge on any atom is 0.248 e. The number of aromatic nitrogens is 1. The van der Waals surface area contributed by atoms with Crippen LogP contribution in [0, 0.1) is 0 Å². The SMILES string of the molecule is COc1cccc2c3c(oc12)CN(CCCCOc1ccc2ccc(=O)[nH]c2c1)CC3. The zero-order valence-electron chi connectivity index (χ0n) is 17.6. The van der Waals surface area contributed by atoms with Crippen molar-refractivity contribution in [1.29, 1.82) is 0 Å². The van der Waals surface area contributed by atoms with Gasteiger partial charge in [0.05, 0.1) is 25.8 Å². The van der Waals surface area contributed by atoms with Gasteiger partial charge in [-0.15, -0.1) is 0 Å². The number of ether oxygens (including phenoxy) is 2. The van der Waals surface area contributed by atoms with Gasteiger partial charge in [0.1, 0.15) is 11.5 Å². The van der Waals surface area contributed by atoms with E-state index in [1.807, 2.05) is 36.4 Å². The van der Waals surface area contributed by atoms with Crippen molar-refractivity contribution >= 4 is 21.9 Å². The van der Waals surface area contributed by atoms with Gasteiger partial charge < -0.3 is 18.9 Å². The quantitative estimate of drug-likeness (QED) is 0.448. The smallest absolute Gasteiger partial charge is 0.248 e. The van der Waals surface area contributed by atoms with Crippen LogP contribution in [0.25, 0.3) is 21.9 Å². The minimum absolute atomic E-state index is 0.0998. The highest BCUT2D eigenvalue weighted by molar-refractivity contribution is 5.87. The molecule has 160 valence electrons. The standard InChI is InChI=1S/C25H26N2O4/c1-29-22-6-4-5-20-19-11-13-27(16-23(19)31-25(20)22)12-2-3-14-30-18-9-7-17-8-10-24(28)26-21(17)15-18/h4-10,15H,2-3,11-14,16H2,1H3,(H,26,28). The Morgan fingerprint density at radius 1 is 1.13 bits per heavy atom. The molecule has 6 heteroatoms. The molecule has 0 radical (unpaired) electrons. The Morgan fingerprint density at radius 3 is 2.94 bits per heavy atom. The summed E-state index contributed by atoms with van der Waals surface area (Å²) in [4.78, 5) is 16.8. The molecular weight excluding hydrogens is 392 g/mol. The summed E-state index contributed by atoms with van der Waals surface area (Å²) in [6, 6.07) is 15.2. The van der Waals surface area contributed by atoms with Crippen LogP contribution < -0.4 is 15.0 Å². The Morgan fingerprint density at radius 2 is 2.03 bits per heavy atom. The molecule has 0 spiro atoms. The van der Waals surface area contributed by atoms with Gasteiger partial charge >= 0.3 is 0 Å². The summed E-state index contributed by atoms with van der Waals surface area (Å²) in [7, 11) is 1.68. The van der Waals surface area contributed by atoms with Crippen LogP contribution in [0.4, 0.5) is 0 Å². The molecule has 0 bridgehead atoms. The number of rotatable bonds is 7. The average molecular weight is 418 g/mol. The molecule has 1 N–H and O–H groups in total. The van der Waals surface area contributed by atoms with Crippen LogP contribution in [-0.2, 0) is 13.0 Å². The first-order chi connectivity index (χ1) is 15.2. The molecule has 0 saturated heterocycles. The molecule has 3 heterocycles.